The van der Waals surface area contributed by atoms with Crippen LogP contribution in [0.25, 0.3) is 0 Å². The molecule has 2 saturated heterocycles. The minimum absolute atomic E-state index is 0. The first kappa shape index (κ1) is 18.7. The van der Waals surface area contributed by atoms with E-state index in [9.17, 15) is 9.59 Å². The van der Waals surface area contributed by atoms with E-state index in [1.165, 1.54) is 0 Å². The second-order valence-corrected chi connectivity index (χ2v) is 6.73. The van der Waals surface area contributed by atoms with Crippen LogP contribution in [-0.2, 0) is 9.59 Å². The SMILES string of the molecule is Cc1cc(C)cc(N2CCC(C(=O)NC3CCCNC3)C2=O)c1.Cl. The number of hydrogen-bond donors (Lipinski definition) is 2. The third-order valence-corrected chi connectivity index (χ3v) is 4.68. The third kappa shape index (κ3) is 4.08. The fourth-order valence-electron chi connectivity index (χ4n) is 3.56. The zero-order valence-corrected chi connectivity index (χ0v) is 15.1. The van der Waals surface area contributed by atoms with Crippen LogP contribution in [0.2, 0.25) is 0 Å². The Morgan fingerprint density at radius 1 is 1.21 bits per heavy atom. The fraction of sp³-hybridized carbons (Fsp3) is 0.556. The molecule has 2 unspecified atom stereocenters. The highest BCUT2D eigenvalue weighted by Crippen LogP contribution is 2.27. The standard InChI is InChI=1S/C18H25N3O2.ClH/c1-12-8-13(2)10-15(9-12)21-7-5-16(18(21)23)17(22)20-14-4-3-6-19-11-14;/h8-10,14,16,19H,3-7,11H2,1-2H3,(H,20,22);1H. The molecule has 0 aliphatic carbocycles. The Morgan fingerprint density at radius 3 is 2.54 bits per heavy atom. The van der Waals surface area contributed by atoms with Crippen molar-refractivity contribution in [1.82, 2.24) is 10.6 Å². The lowest BCUT2D eigenvalue weighted by Gasteiger charge is -2.25. The van der Waals surface area contributed by atoms with Gasteiger partial charge in [-0.3, -0.25) is 9.59 Å². The maximum atomic E-state index is 12.7. The minimum atomic E-state index is -0.544. The lowest BCUT2D eigenvalue weighted by Crippen LogP contribution is -2.48. The highest BCUT2D eigenvalue weighted by atomic mass is 35.5. The summed E-state index contributed by atoms with van der Waals surface area (Å²) in [5.41, 5.74) is 3.17. The highest BCUT2D eigenvalue weighted by molar-refractivity contribution is 6.09. The molecule has 0 saturated carbocycles. The molecule has 3 rings (SSSR count). The van der Waals surface area contributed by atoms with Gasteiger partial charge in [-0.1, -0.05) is 6.07 Å². The number of nitrogens with one attached hydrogen (secondary N) is 2. The molecule has 1 aromatic carbocycles. The number of hydrogen-bond acceptors (Lipinski definition) is 3. The fourth-order valence-corrected chi connectivity index (χ4v) is 3.56. The molecule has 5 nitrogen and oxygen atoms in total. The van der Waals surface area contributed by atoms with Gasteiger partial charge in [-0.15, -0.1) is 12.4 Å². The zero-order chi connectivity index (χ0) is 16.4. The average Bonchev–Trinajstić information content (AvgIpc) is 2.89. The molecule has 2 amide bonds. The van der Waals surface area contributed by atoms with E-state index in [4.69, 9.17) is 0 Å². The molecule has 2 atom stereocenters. The molecular weight excluding hydrogens is 326 g/mol. The van der Waals surface area contributed by atoms with E-state index in [1.54, 1.807) is 4.90 Å². The molecular formula is C18H26ClN3O2. The van der Waals surface area contributed by atoms with Gasteiger partial charge < -0.3 is 15.5 Å². The highest BCUT2D eigenvalue weighted by Gasteiger charge is 2.38. The van der Waals surface area contributed by atoms with E-state index in [2.05, 4.69) is 16.7 Å². The van der Waals surface area contributed by atoms with Crippen molar-refractivity contribution in [1.29, 1.82) is 0 Å². The first-order chi connectivity index (χ1) is 11.0. The summed E-state index contributed by atoms with van der Waals surface area (Å²) in [5, 5.41) is 6.32. The Labute approximate surface area is 149 Å². The van der Waals surface area contributed by atoms with Crippen LogP contribution < -0.4 is 15.5 Å². The molecule has 132 valence electrons. The Kier molecular flexibility index (Phi) is 6.24. The van der Waals surface area contributed by atoms with E-state index in [0.717, 1.165) is 42.7 Å². The van der Waals surface area contributed by atoms with Crippen LogP contribution in [-0.4, -0.2) is 37.5 Å². The zero-order valence-electron chi connectivity index (χ0n) is 14.3. The molecule has 2 aliphatic heterocycles. The molecule has 1 aromatic rings. The lowest BCUT2D eigenvalue weighted by molar-refractivity contribution is -0.132. The van der Waals surface area contributed by atoms with Crippen molar-refractivity contribution in [2.75, 3.05) is 24.5 Å². The molecule has 2 N–H and O–H groups in total. The molecule has 0 aromatic heterocycles. The summed E-state index contributed by atoms with van der Waals surface area (Å²) in [5.74, 6) is -0.732. The van der Waals surface area contributed by atoms with Crippen LogP contribution in [0.3, 0.4) is 0 Å². The van der Waals surface area contributed by atoms with Gasteiger partial charge in [0.15, 0.2) is 0 Å². The van der Waals surface area contributed by atoms with E-state index >= 15 is 0 Å². The number of carbonyl (C=O) groups excluding carboxylic acids is 2. The summed E-state index contributed by atoms with van der Waals surface area (Å²) in [6, 6.07) is 6.26. The van der Waals surface area contributed by atoms with Crippen LogP contribution in [0.15, 0.2) is 18.2 Å². The van der Waals surface area contributed by atoms with Crippen molar-refractivity contribution in [2.45, 2.75) is 39.2 Å². The number of halogens is 1. The van der Waals surface area contributed by atoms with E-state index in [-0.39, 0.29) is 30.3 Å². The molecule has 0 radical (unpaired) electrons. The molecule has 2 aliphatic rings. The van der Waals surface area contributed by atoms with Crippen molar-refractivity contribution < 1.29 is 9.59 Å². The topological polar surface area (TPSA) is 61.4 Å². The first-order valence-electron chi connectivity index (χ1n) is 8.45. The summed E-state index contributed by atoms with van der Waals surface area (Å²) in [6.45, 7) is 6.47. The van der Waals surface area contributed by atoms with Gasteiger partial charge in [0.1, 0.15) is 5.92 Å². The predicted molar refractivity (Wildman–Crippen MR) is 97.7 cm³/mol. The average molecular weight is 352 g/mol. The summed E-state index contributed by atoms with van der Waals surface area (Å²) in [4.78, 5) is 26.9. The lowest BCUT2D eigenvalue weighted by atomic mass is 10.0. The summed E-state index contributed by atoms with van der Waals surface area (Å²) in [7, 11) is 0. The quantitative estimate of drug-likeness (QED) is 0.818. The predicted octanol–water partition coefficient (Wildman–Crippen LogP) is 1.95. The van der Waals surface area contributed by atoms with Crippen molar-refractivity contribution in [3.8, 4) is 0 Å². The van der Waals surface area contributed by atoms with E-state index in [1.807, 2.05) is 26.0 Å². The number of rotatable bonds is 3. The molecule has 0 bridgehead atoms. The number of piperidine rings is 1. The van der Waals surface area contributed by atoms with Gasteiger partial charge in [-0.25, -0.2) is 0 Å². The number of benzene rings is 1. The number of aryl methyl sites for hydroxylation is 2. The van der Waals surface area contributed by atoms with Crippen LogP contribution >= 0.6 is 12.4 Å². The van der Waals surface area contributed by atoms with E-state index in [0.29, 0.717) is 13.0 Å². The van der Waals surface area contributed by atoms with Gasteiger partial charge >= 0.3 is 0 Å². The van der Waals surface area contributed by atoms with E-state index < -0.39 is 5.92 Å². The van der Waals surface area contributed by atoms with Crippen molar-refractivity contribution >= 4 is 29.9 Å². The number of nitrogens with zero attached hydrogens (tertiary/aromatic N) is 1. The van der Waals surface area contributed by atoms with Crippen molar-refractivity contribution in [2.24, 2.45) is 5.92 Å². The molecule has 2 heterocycles. The van der Waals surface area contributed by atoms with Crippen LogP contribution in [0.1, 0.15) is 30.4 Å². The Bertz CT molecular complexity index is 594. The number of amides is 2. The largest absolute Gasteiger partial charge is 0.351 e. The van der Waals surface area contributed by atoms with Gasteiger partial charge in [-0.05, 0) is 62.9 Å². The Morgan fingerprint density at radius 2 is 1.92 bits per heavy atom. The van der Waals surface area contributed by atoms with Gasteiger partial charge in [0.25, 0.3) is 0 Å². The van der Waals surface area contributed by atoms with Gasteiger partial charge in [0.2, 0.25) is 11.8 Å². The maximum absolute atomic E-state index is 12.7. The maximum Gasteiger partial charge on any atom is 0.239 e. The first-order valence-corrected chi connectivity index (χ1v) is 8.45. The molecule has 0 spiro atoms. The smallest absolute Gasteiger partial charge is 0.239 e. The van der Waals surface area contributed by atoms with Crippen LogP contribution in [0, 0.1) is 19.8 Å². The number of anilines is 1. The van der Waals surface area contributed by atoms with Gasteiger partial charge in [0, 0.05) is 24.8 Å². The van der Waals surface area contributed by atoms with Crippen molar-refractivity contribution in [3.05, 3.63) is 29.3 Å². The third-order valence-electron chi connectivity index (χ3n) is 4.68. The summed E-state index contributed by atoms with van der Waals surface area (Å²) in [6.07, 6.45) is 2.65. The van der Waals surface area contributed by atoms with Crippen LogP contribution in [0.4, 0.5) is 5.69 Å². The Hall–Kier alpha value is -1.59. The number of carbonyl (C=O) groups is 2. The Balaban J connectivity index is 0.00000208. The monoisotopic (exact) mass is 351 g/mol. The molecule has 2 fully saturated rings. The van der Waals surface area contributed by atoms with Crippen LogP contribution in [0.5, 0.6) is 0 Å². The second-order valence-electron chi connectivity index (χ2n) is 6.73. The molecule has 6 heteroatoms. The van der Waals surface area contributed by atoms with Crippen molar-refractivity contribution in [3.63, 3.8) is 0 Å². The van der Waals surface area contributed by atoms with Gasteiger partial charge in [0.05, 0.1) is 0 Å². The minimum Gasteiger partial charge on any atom is -0.351 e. The normalized spacial score (nSPS) is 23.8. The second kappa shape index (κ2) is 7.99. The summed E-state index contributed by atoms with van der Waals surface area (Å²) < 4.78 is 0. The van der Waals surface area contributed by atoms with Gasteiger partial charge in [-0.2, -0.15) is 0 Å². The molecule has 24 heavy (non-hydrogen) atoms. The summed E-state index contributed by atoms with van der Waals surface area (Å²) >= 11 is 0.